The molecule has 138 valence electrons. The minimum absolute atomic E-state index is 0.0146. The van der Waals surface area contributed by atoms with Gasteiger partial charge < -0.3 is 10.2 Å². The Hall–Kier alpha value is -2.16. The molecule has 1 saturated heterocycles. The fourth-order valence-electron chi connectivity index (χ4n) is 2.81. The Kier molecular flexibility index (Phi) is 5.45. The number of hydrogen-bond acceptors (Lipinski definition) is 5. The highest BCUT2D eigenvalue weighted by atomic mass is 32.2. The van der Waals surface area contributed by atoms with Gasteiger partial charge in [0.25, 0.3) is 10.0 Å². The van der Waals surface area contributed by atoms with Crippen LogP contribution in [0.2, 0.25) is 0 Å². The van der Waals surface area contributed by atoms with Crippen molar-refractivity contribution in [3.8, 4) is 5.75 Å². The average Bonchev–Trinajstić information content (AvgIpc) is 3.12. The van der Waals surface area contributed by atoms with E-state index in [1.54, 1.807) is 12.1 Å². The number of aliphatic carboxylic acids is 1. The summed E-state index contributed by atoms with van der Waals surface area (Å²) in [5.41, 5.74) is 0.620. The lowest BCUT2D eigenvalue weighted by Crippen LogP contribution is -2.35. The van der Waals surface area contributed by atoms with E-state index in [9.17, 15) is 23.4 Å². The van der Waals surface area contributed by atoms with Gasteiger partial charge in [0, 0.05) is 18.0 Å². The third-order valence-electron chi connectivity index (χ3n) is 4.19. The van der Waals surface area contributed by atoms with Crippen LogP contribution in [0.25, 0.3) is 11.6 Å². The van der Waals surface area contributed by atoms with Gasteiger partial charge in [0.1, 0.15) is 9.96 Å². The Bertz CT molecular complexity index is 923. The lowest BCUT2D eigenvalue weighted by Gasteiger charge is -2.25. The van der Waals surface area contributed by atoms with Crippen molar-refractivity contribution in [3.05, 3.63) is 46.8 Å². The van der Waals surface area contributed by atoms with Crippen molar-refractivity contribution in [3.63, 3.8) is 0 Å². The molecule has 0 atom stereocenters. The van der Waals surface area contributed by atoms with Crippen LogP contribution in [0.15, 0.2) is 40.6 Å². The fourth-order valence-corrected chi connectivity index (χ4v) is 5.80. The van der Waals surface area contributed by atoms with Crippen LogP contribution < -0.4 is 0 Å². The molecule has 26 heavy (non-hydrogen) atoms. The highest BCUT2D eigenvalue weighted by Gasteiger charge is 2.28. The van der Waals surface area contributed by atoms with Crippen molar-refractivity contribution in [2.75, 3.05) is 13.1 Å². The number of rotatable bonds is 5. The zero-order valence-corrected chi connectivity index (χ0v) is 15.6. The minimum atomic E-state index is -3.58. The van der Waals surface area contributed by atoms with E-state index in [1.807, 2.05) is 0 Å². The number of sulfonamides is 1. The van der Waals surface area contributed by atoms with E-state index in [4.69, 9.17) is 0 Å². The van der Waals surface area contributed by atoms with Crippen molar-refractivity contribution >= 4 is 39.0 Å². The zero-order chi connectivity index (χ0) is 18.7. The zero-order valence-electron chi connectivity index (χ0n) is 14.0. The quantitative estimate of drug-likeness (QED) is 0.761. The van der Waals surface area contributed by atoms with Crippen LogP contribution in [0.3, 0.4) is 0 Å². The van der Waals surface area contributed by atoms with Crippen molar-refractivity contribution < 1.29 is 23.4 Å². The van der Waals surface area contributed by atoms with E-state index in [0.717, 1.165) is 30.6 Å². The van der Waals surface area contributed by atoms with Gasteiger partial charge in [-0.2, -0.15) is 4.31 Å². The number of benzene rings is 1. The molecular weight excluding hydrogens is 374 g/mol. The summed E-state index contributed by atoms with van der Waals surface area (Å²) in [6.45, 7) is 1.01. The highest BCUT2D eigenvalue weighted by molar-refractivity contribution is 7.91. The minimum Gasteiger partial charge on any atom is -0.508 e. The predicted octanol–water partition coefficient (Wildman–Crippen LogP) is 3.25. The van der Waals surface area contributed by atoms with Gasteiger partial charge >= 0.3 is 5.97 Å². The van der Waals surface area contributed by atoms with Crippen molar-refractivity contribution in [1.29, 1.82) is 0 Å². The second-order valence-electron chi connectivity index (χ2n) is 6.04. The van der Waals surface area contributed by atoms with Crippen LogP contribution in [0.4, 0.5) is 0 Å². The summed E-state index contributed by atoms with van der Waals surface area (Å²) in [5, 5.41) is 18.9. The molecule has 8 heteroatoms. The maximum atomic E-state index is 12.7. The molecule has 1 fully saturated rings. The number of thiophene rings is 1. The Morgan fingerprint density at radius 1 is 1.04 bits per heavy atom. The lowest BCUT2D eigenvalue weighted by atomic mass is 10.1. The normalized spacial score (nSPS) is 16.5. The molecule has 2 heterocycles. The molecule has 1 aliphatic rings. The number of phenolic OH excluding ortho intramolecular Hbond substituents is 1. The number of carboxylic acids is 1. The van der Waals surface area contributed by atoms with Crippen molar-refractivity contribution in [2.24, 2.45) is 0 Å². The predicted molar refractivity (Wildman–Crippen MR) is 101 cm³/mol. The van der Waals surface area contributed by atoms with Gasteiger partial charge in [0.05, 0.1) is 5.57 Å². The van der Waals surface area contributed by atoms with Gasteiger partial charge in [-0.1, -0.05) is 18.6 Å². The maximum Gasteiger partial charge on any atom is 0.337 e. The molecule has 0 radical (unpaired) electrons. The molecule has 0 spiro atoms. The van der Waals surface area contributed by atoms with Crippen molar-refractivity contribution in [2.45, 2.75) is 23.5 Å². The first kappa shape index (κ1) is 18.6. The third-order valence-corrected chi connectivity index (χ3v) is 7.68. The molecule has 1 aromatic carbocycles. The molecule has 0 amide bonds. The topological polar surface area (TPSA) is 94.9 Å². The monoisotopic (exact) mass is 393 g/mol. The molecule has 2 N–H and O–H groups in total. The van der Waals surface area contributed by atoms with Crippen LogP contribution in [0, 0.1) is 0 Å². The number of hydrogen-bond donors (Lipinski definition) is 2. The first-order chi connectivity index (χ1) is 12.4. The summed E-state index contributed by atoms with van der Waals surface area (Å²) in [4.78, 5) is 12.0. The first-order valence-corrected chi connectivity index (χ1v) is 10.5. The van der Waals surface area contributed by atoms with Crippen LogP contribution >= 0.6 is 11.3 Å². The summed E-state index contributed by atoms with van der Waals surface area (Å²) in [6.07, 6.45) is 4.18. The Morgan fingerprint density at radius 3 is 2.31 bits per heavy atom. The number of aromatic hydroxyl groups is 1. The van der Waals surface area contributed by atoms with Crippen LogP contribution in [-0.2, 0) is 14.8 Å². The second kappa shape index (κ2) is 7.61. The summed E-state index contributed by atoms with van der Waals surface area (Å²) < 4.78 is 27.1. The Balaban J connectivity index is 1.93. The van der Waals surface area contributed by atoms with Gasteiger partial charge in [0.15, 0.2) is 0 Å². The van der Waals surface area contributed by atoms with E-state index in [2.05, 4.69) is 0 Å². The lowest BCUT2D eigenvalue weighted by molar-refractivity contribution is -0.130. The summed E-state index contributed by atoms with van der Waals surface area (Å²) >= 11 is 0.964. The van der Waals surface area contributed by atoms with Gasteiger partial charge in [-0.05, 0) is 48.7 Å². The number of carbonyl (C=O) groups is 1. The molecule has 0 bridgehead atoms. The average molecular weight is 393 g/mol. The standard InChI is InChI=1S/C18H19NO5S2/c20-14-6-4-13(5-7-14)12-15(18(21)22)16-8-9-17(25-16)26(23,24)19-10-2-1-3-11-19/h4-9,12,20H,1-3,10-11H2,(H,21,22)/b15-12-. The Labute approximate surface area is 156 Å². The van der Waals surface area contributed by atoms with Crippen LogP contribution in [-0.4, -0.2) is 42.0 Å². The SMILES string of the molecule is O=C(O)/C(=C\c1ccc(O)cc1)c1ccc(S(=O)(=O)N2CCCCC2)s1. The van der Waals surface area contributed by atoms with E-state index in [-0.39, 0.29) is 15.5 Å². The number of piperidine rings is 1. The number of phenols is 1. The summed E-state index contributed by atoms with van der Waals surface area (Å²) in [6, 6.07) is 9.12. The molecular formula is C18H19NO5S2. The van der Waals surface area contributed by atoms with Crippen LogP contribution in [0.5, 0.6) is 5.75 Å². The first-order valence-electron chi connectivity index (χ1n) is 8.22. The fraction of sp³-hybridized carbons (Fsp3) is 0.278. The van der Waals surface area contributed by atoms with Crippen LogP contribution in [0.1, 0.15) is 29.7 Å². The summed E-state index contributed by atoms with van der Waals surface area (Å²) in [5.74, 6) is -1.05. The molecule has 3 rings (SSSR count). The largest absolute Gasteiger partial charge is 0.508 e. The number of nitrogens with zero attached hydrogens (tertiary/aromatic N) is 1. The highest BCUT2D eigenvalue weighted by Crippen LogP contribution is 2.32. The van der Waals surface area contributed by atoms with E-state index >= 15 is 0 Å². The van der Waals surface area contributed by atoms with Gasteiger partial charge in [0.2, 0.25) is 0 Å². The van der Waals surface area contributed by atoms with E-state index < -0.39 is 16.0 Å². The molecule has 2 aromatic rings. The molecule has 6 nitrogen and oxygen atoms in total. The smallest absolute Gasteiger partial charge is 0.337 e. The van der Waals surface area contributed by atoms with E-state index in [0.29, 0.717) is 23.5 Å². The number of carboxylic acid groups (broad SMARTS) is 1. The van der Waals surface area contributed by atoms with Gasteiger partial charge in [-0.3, -0.25) is 0 Å². The second-order valence-corrected chi connectivity index (χ2v) is 9.29. The van der Waals surface area contributed by atoms with E-state index in [1.165, 1.54) is 34.6 Å². The molecule has 0 unspecified atom stereocenters. The van der Waals surface area contributed by atoms with Gasteiger partial charge in [-0.25, -0.2) is 13.2 Å². The van der Waals surface area contributed by atoms with Gasteiger partial charge in [-0.15, -0.1) is 11.3 Å². The Morgan fingerprint density at radius 2 is 1.69 bits per heavy atom. The molecule has 0 aliphatic carbocycles. The van der Waals surface area contributed by atoms with Crippen molar-refractivity contribution in [1.82, 2.24) is 4.31 Å². The molecule has 1 aromatic heterocycles. The molecule has 1 aliphatic heterocycles. The molecule has 0 saturated carbocycles. The maximum absolute atomic E-state index is 12.7. The summed E-state index contributed by atoms with van der Waals surface area (Å²) in [7, 11) is -3.58. The third kappa shape index (κ3) is 3.98.